The first-order chi connectivity index (χ1) is 8.58. The summed E-state index contributed by atoms with van der Waals surface area (Å²) in [6.45, 7) is -0.222. The summed E-state index contributed by atoms with van der Waals surface area (Å²) < 4.78 is 32.1. The highest BCUT2D eigenvalue weighted by atomic mass is 79.9. The Morgan fingerprint density at radius 1 is 1.06 bits per heavy atom. The summed E-state index contributed by atoms with van der Waals surface area (Å²) in [6, 6.07) is 7.94. The first kappa shape index (κ1) is 13.0. The van der Waals surface area contributed by atoms with Crippen LogP contribution in [-0.4, -0.2) is 5.11 Å². The van der Waals surface area contributed by atoms with Crippen LogP contribution in [0, 0.1) is 11.6 Å². The number of benzene rings is 2. The minimum Gasteiger partial charge on any atom is -0.457 e. The second-order valence-electron chi connectivity index (χ2n) is 3.62. The lowest BCUT2D eigenvalue weighted by Gasteiger charge is -2.10. The Balaban J connectivity index is 2.35. The van der Waals surface area contributed by atoms with Crippen LogP contribution in [-0.2, 0) is 6.61 Å². The number of aliphatic hydroxyl groups is 1. The molecule has 0 aliphatic rings. The van der Waals surface area contributed by atoms with Gasteiger partial charge in [0, 0.05) is 28.2 Å². The van der Waals surface area contributed by atoms with Gasteiger partial charge in [0.25, 0.3) is 0 Å². The van der Waals surface area contributed by atoms with Crippen molar-refractivity contribution in [2.24, 2.45) is 0 Å². The van der Waals surface area contributed by atoms with E-state index in [1.807, 2.05) is 0 Å². The van der Waals surface area contributed by atoms with E-state index < -0.39 is 11.6 Å². The molecule has 0 saturated carbocycles. The molecule has 2 aromatic carbocycles. The lowest BCUT2D eigenvalue weighted by atomic mass is 10.2. The second-order valence-corrected chi connectivity index (χ2v) is 4.53. The molecule has 0 saturated heterocycles. The molecule has 18 heavy (non-hydrogen) atoms. The van der Waals surface area contributed by atoms with Gasteiger partial charge in [0.1, 0.15) is 23.1 Å². The highest BCUT2D eigenvalue weighted by molar-refractivity contribution is 9.10. The van der Waals surface area contributed by atoms with Gasteiger partial charge in [-0.3, -0.25) is 0 Å². The van der Waals surface area contributed by atoms with E-state index in [-0.39, 0.29) is 12.4 Å². The van der Waals surface area contributed by atoms with Crippen LogP contribution < -0.4 is 4.74 Å². The summed E-state index contributed by atoms with van der Waals surface area (Å²) in [5, 5.41) is 9.15. The topological polar surface area (TPSA) is 29.5 Å². The Morgan fingerprint density at radius 2 is 1.72 bits per heavy atom. The van der Waals surface area contributed by atoms with Crippen LogP contribution in [0.5, 0.6) is 11.5 Å². The Kier molecular flexibility index (Phi) is 3.93. The molecule has 0 unspecified atom stereocenters. The van der Waals surface area contributed by atoms with Gasteiger partial charge in [0.05, 0.1) is 6.61 Å². The zero-order valence-electron chi connectivity index (χ0n) is 9.16. The molecule has 2 aromatic rings. The van der Waals surface area contributed by atoms with Crippen LogP contribution in [0.3, 0.4) is 0 Å². The normalized spacial score (nSPS) is 10.4. The maximum atomic E-state index is 13.0. The zero-order valence-corrected chi connectivity index (χ0v) is 10.7. The van der Waals surface area contributed by atoms with Crippen LogP contribution in [0.25, 0.3) is 0 Å². The molecule has 0 heterocycles. The minimum atomic E-state index is -0.717. The van der Waals surface area contributed by atoms with Crippen LogP contribution in [0.4, 0.5) is 8.78 Å². The number of hydrogen-bond acceptors (Lipinski definition) is 2. The van der Waals surface area contributed by atoms with Gasteiger partial charge >= 0.3 is 0 Å². The summed E-state index contributed by atoms with van der Waals surface area (Å²) in [7, 11) is 0. The monoisotopic (exact) mass is 314 g/mol. The van der Waals surface area contributed by atoms with Gasteiger partial charge in [-0.05, 0) is 12.1 Å². The molecule has 0 aliphatic heterocycles. The molecule has 0 atom stereocenters. The Labute approximate surface area is 111 Å². The van der Waals surface area contributed by atoms with Gasteiger partial charge in [-0.15, -0.1) is 0 Å². The summed E-state index contributed by atoms with van der Waals surface area (Å²) in [6.07, 6.45) is 0. The SMILES string of the molecule is OCc1ccc(Br)cc1Oc1cc(F)cc(F)c1. The van der Waals surface area contributed by atoms with E-state index >= 15 is 0 Å². The molecule has 0 aromatic heterocycles. The molecule has 0 aliphatic carbocycles. The third kappa shape index (κ3) is 3.05. The van der Waals surface area contributed by atoms with Crippen molar-refractivity contribution in [3.05, 3.63) is 58.1 Å². The molecule has 0 bridgehead atoms. The number of aliphatic hydroxyl groups excluding tert-OH is 1. The van der Waals surface area contributed by atoms with Crippen molar-refractivity contribution in [3.63, 3.8) is 0 Å². The molecule has 2 rings (SSSR count). The van der Waals surface area contributed by atoms with Crippen molar-refractivity contribution in [1.82, 2.24) is 0 Å². The summed E-state index contributed by atoms with van der Waals surface area (Å²) in [4.78, 5) is 0. The number of hydrogen-bond donors (Lipinski definition) is 1. The van der Waals surface area contributed by atoms with Crippen molar-refractivity contribution in [1.29, 1.82) is 0 Å². The Hall–Kier alpha value is -1.46. The fraction of sp³-hybridized carbons (Fsp3) is 0.0769. The standard InChI is InChI=1S/C13H9BrF2O2/c14-9-2-1-8(7-17)13(3-9)18-12-5-10(15)4-11(16)6-12/h1-6,17H,7H2. The van der Waals surface area contributed by atoms with Crippen molar-refractivity contribution < 1.29 is 18.6 Å². The van der Waals surface area contributed by atoms with Crippen LogP contribution >= 0.6 is 15.9 Å². The largest absolute Gasteiger partial charge is 0.457 e. The minimum absolute atomic E-state index is 0.0419. The number of halogens is 3. The maximum Gasteiger partial charge on any atom is 0.134 e. The molecule has 2 nitrogen and oxygen atoms in total. The third-order valence-electron chi connectivity index (χ3n) is 2.26. The van der Waals surface area contributed by atoms with Crippen LogP contribution in [0.1, 0.15) is 5.56 Å². The van der Waals surface area contributed by atoms with E-state index in [0.29, 0.717) is 11.3 Å². The van der Waals surface area contributed by atoms with Crippen molar-refractivity contribution in [2.45, 2.75) is 6.61 Å². The van der Waals surface area contributed by atoms with Gasteiger partial charge in [0.15, 0.2) is 0 Å². The van der Waals surface area contributed by atoms with Gasteiger partial charge in [-0.25, -0.2) is 8.78 Å². The van der Waals surface area contributed by atoms with Crippen LogP contribution in [0.15, 0.2) is 40.9 Å². The smallest absolute Gasteiger partial charge is 0.134 e. The average Bonchev–Trinajstić information content (AvgIpc) is 2.27. The maximum absolute atomic E-state index is 13.0. The fourth-order valence-electron chi connectivity index (χ4n) is 1.47. The molecular weight excluding hydrogens is 306 g/mol. The van der Waals surface area contributed by atoms with Crippen molar-refractivity contribution >= 4 is 15.9 Å². The molecule has 94 valence electrons. The summed E-state index contributed by atoms with van der Waals surface area (Å²) in [5.41, 5.74) is 0.530. The quantitative estimate of drug-likeness (QED) is 0.927. The predicted octanol–water partition coefficient (Wildman–Crippen LogP) is 4.01. The van der Waals surface area contributed by atoms with E-state index in [1.165, 1.54) is 0 Å². The lowest BCUT2D eigenvalue weighted by molar-refractivity contribution is 0.276. The van der Waals surface area contributed by atoms with Crippen molar-refractivity contribution in [3.8, 4) is 11.5 Å². The molecule has 5 heteroatoms. The molecule has 1 N–H and O–H groups in total. The van der Waals surface area contributed by atoms with E-state index in [4.69, 9.17) is 9.84 Å². The van der Waals surface area contributed by atoms with E-state index in [2.05, 4.69) is 15.9 Å². The summed E-state index contributed by atoms with van der Waals surface area (Å²) >= 11 is 3.26. The molecule has 0 spiro atoms. The fourth-order valence-corrected chi connectivity index (χ4v) is 1.81. The van der Waals surface area contributed by atoms with E-state index in [0.717, 1.165) is 22.7 Å². The highest BCUT2D eigenvalue weighted by Gasteiger charge is 2.07. The molecular formula is C13H9BrF2O2. The molecule has 0 amide bonds. The van der Waals surface area contributed by atoms with E-state index in [1.54, 1.807) is 18.2 Å². The van der Waals surface area contributed by atoms with E-state index in [9.17, 15) is 8.78 Å². The van der Waals surface area contributed by atoms with Gasteiger partial charge in [-0.1, -0.05) is 22.0 Å². The van der Waals surface area contributed by atoms with Crippen LogP contribution in [0.2, 0.25) is 0 Å². The molecule has 0 radical (unpaired) electrons. The first-order valence-electron chi connectivity index (χ1n) is 5.12. The Morgan fingerprint density at radius 3 is 2.33 bits per heavy atom. The van der Waals surface area contributed by atoms with Gasteiger partial charge < -0.3 is 9.84 Å². The predicted molar refractivity (Wildman–Crippen MR) is 66.5 cm³/mol. The second kappa shape index (κ2) is 5.46. The third-order valence-corrected chi connectivity index (χ3v) is 2.76. The first-order valence-corrected chi connectivity index (χ1v) is 5.91. The Bertz CT molecular complexity index is 553. The number of rotatable bonds is 3. The summed E-state index contributed by atoms with van der Waals surface area (Å²) in [5.74, 6) is -1.05. The average molecular weight is 315 g/mol. The van der Waals surface area contributed by atoms with Gasteiger partial charge in [-0.2, -0.15) is 0 Å². The van der Waals surface area contributed by atoms with Crippen molar-refractivity contribution in [2.75, 3.05) is 0 Å². The molecule has 0 fully saturated rings. The zero-order chi connectivity index (χ0) is 13.1. The number of ether oxygens (including phenoxy) is 1. The van der Waals surface area contributed by atoms with Gasteiger partial charge in [0.2, 0.25) is 0 Å². The lowest BCUT2D eigenvalue weighted by Crippen LogP contribution is -1.93. The highest BCUT2D eigenvalue weighted by Crippen LogP contribution is 2.29.